The summed E-state index contributed by atoms with van der Waals surface area (Å²) in [5.41, 5.74) is 6.24. The van der Waals surface area contributed by atoms with Crippen molar-refractivity contribution in [3.05, 3.63) is 191 Å². The summed E-state index contributed by atoms with van der Waals surface area (Å²) in [6.45, 7) is 0. The van der Waals surface area contributed by atoms with E-state index in [1.54, 1.807) is 0 Å². The molecule has 0 radical (unpaired) electrons. The third kappa shape index (κ3) is 3.82. The molecule has 2 nitrogen and oxygen atoms in total. The van der Waals surface area contributed by atoms with Gasteiger partial charge in [-0.2, -0.15) is 10.0 Å². The summed E-state index contributed by atoms with van der Waals surface area (Å²) in [5.74, 6) is 0. The topological polar surface area (TPSA) is 40.5 Å². The van der Waals surface area contributed by atoms with Crippen molar-refractivity contribution >= 4 is 20.8 Å². The third-order valence-corrected chi connectivity index (χ3v) is 13.3. The summed E-state index contributed by atoms with van der Waals surface area (Å²) in [7, 11) is -1.49. The molecule has 1 aliphatic carbocycles. The number of fused-ring (bicyclic) bond motifs is 6. The normalized spacial score (nSPS) is 20.9. The molecule has 2 N–H and O–H groups in total. The maximum absolute atomic E-state index is 13.1. The first kappa shape index (κ1) is 28.3. The summed E-state index contributed by atoms with van der Waals surface area (Å²) < 4.78 is 0. The van der Waals surface area contributed by atoms with E-state index in [4.69, 9.17) is 0 Å². The van der Waals surface area contributed by atoms with Crippen molar-refractivity contribution in [3.8, 4) is 22.3 Å². The summed E-state index contributed by atoms with van der Waals surface area (Å²) in [6.07, 6.45) is 4.72. The third-order valence-electron chi connectivity index (χ3n) is 10.5. The second-order valence-electron chi connectivity index (χ2n) is 13.2. The van der Waals surface area contributed by atoms with Crippen LogP contribution in [0.25, 0.3) is 33.0 Å². The Labute approximate surface area is 276 Å². The van der Waals surface area contributed by atoms with Crippen molar-refractivity contribution in [3.63, 3.8) is 0 Å². The van der Waals surface area contributed by atoms with Crippen LogP contribution in [0.3, 0.4) is 0 Å². The molecular formula is C44H34O2S. The predicted octanol–water partition coefficient (Wildman–Crippen LogP) is 9.85. The Morgan fingerprint density at radius 2 is 0.957 bits per heavy atom. The van der Waals surface area contributed by atoms with E-state index in [-0.39, 0.29) is 0 Å². The Bertz CT molecular complexity index is 2360. The van der Waals surface area contributed by atoms with Gasteiger partial charge in [0.2, 0.25) is 0 Å². The Hall–Kier alpha value is -4.93. The van der Waals surface area contributed by atoms with Gasteiger partial charge in [-0.3, -0.25) is 0 Å². The quantitative estimate of drug-likeness (QED) is 0.205. The van der Waals surface area contributed by atoms with Gasteiger partial charge in [0.15, 0.2) is 0 Å². The van der Waals surface area contributed by atoms with Crippen LogP contribution in [0.4, 0.5) is 0 Å². The van der Waals surface area contributed by atoms with E-state index < -0.39 is 21.2 Å². The van der Waals surface area contributed by atoms with Crippen LogP contribution in [0.15, 0.2) is 168 Å². The molecule has 2 unspecified atom stereocenters. The molecule has 3 heteroatoms. The zero-order valence-corrected chi connectivity index (χ0v) is 27.1. The van der Waals surface area contributed by atoms with Crippen molar-refractivity contribution in [1.29, 1.82) is 0 Å². The molecule has 0 saturated carbocycles. The van der Waals surface area contributed by atoms with E-state index in [1.807, 2.05) is 84.9 Å². The molecule has 7 aromatic carbocycles. The van der Waals surface area contributed by atoms with E-state index in [0.29, 0.717) is 16.7 Å². The molecule has 9 rings (SSSR count). The van der Waals surface area contributed by atoms with Gasteiger partial charge in [-0.25, -0.2) is 0 Å². The fourth-order valence-corrected chi connectivity index (χ4v) is 10.6. The molecular weight excluding hydrogens is 593 g/mol. The van der Waals surface area contributed by atoms with Gasteiger partial charge in [0.1, 0.15) is 11.2 Å². The lowest BCUT2D eigenvalue weighted by Gasteiger charge is -2.46. The SMILES string of the molecule is CS1(C)c2cc(-c3cccc4ccccc34)ccc2-c2cc3c(cc21)C(O)(c1ccccc1)c1ccccc1C3(O)c1ccccc1. The van der Waals surface area contributed by atoms with Crippen LogP contribution in [-0.2, 0) is 11.2 Å². The van der Waals surface area contributed by atoms with Gasteiger partial charge < -0.3 is 10.2 Å². The molecule has 7 aromatic rings. The van der Waals surface area contributed by atoms with Crippen LogP contribution in [0, 0.1) is 0 Å². The van der Waals surface area contributed by atoms with Crippen LogP contribution in [0.2, 0.25) is 0 Å². The lowest BCUT2D eigenvalue weighted by molar-refractivity contribution is 0.0746. The van der Waals surface area contributed by atoms with E-state index >= 15 is 0 Å². The molecule has 0 saturated heterocycles. The van der Waals surface area contributed by atoms with Crippen LogP contribution in [0.5, 0.6) is 0 Å². The minimum absolute atomic E-state index is 0.695. The Kier molecular flexibility index (Phi) is 6.04. The van der Waals surface area contributed by atoms with Gasteiger partial charge in [0.25, 0.3) is 0 Å². The molecule has 2 aliphatic rings. The molecule has 0 amide bonds. The highest BCUT2D eigenvalue weighted by Gasteiger charge is 2.52. The summed E-state index contributed by atoms with van der Waals surface area (Å²) in [6, 6.07) is 54.0. The first-order chi connectivity index (χ1) is 22.8. The maximum Gasteiger partial charge on any atom is 0.141 e. The molecule has 0 fully saturated rings. The van der Waals surface area contributed by atoms with Crippen LogP contribution in [0.1, 0.15) is 33.4 Å². The van der Waals surface area contributed by atoms with Gasteiger partial charge >= 0.3 is 0 Å². The zero-order chi connectivity index (χ0) is 32.0. The molecule has 0 bridgehead atoms. The smallest absolute Gasteiger partial charge is 0.141 e. The van der Waals surface area contributed by atoms with Gasteiger partial charge in [0.05, 0.1) is 0 Å². The van der Waals surface area contributed by atoms with Crippen LogP contribution < -0.4 is 0 Å². The lowest BCUT2D eigenvalue weighted by atomic mass is 9.63. The van der Waals surface area contributed by atoms with Gasteiger partial charge in [-0.15, -0.1) is 0 Å². The standard InChI is InChI=1S/C44H34O2S/c1-47(2)41-26-30(34-21-13-15-29-14-9-10-20-33(29)34)24-25-35(41)36-27-39-40(28-42(36)47)44(46,32-18-7-4-8-19-32)38-23-12-11-22-37(38)43(39,45)31-16-5-3-6-17-31/h3-28,45-46H,1-2H3. The van der Waals surface area contributed by atoms with Crippen LogP contribution >= 0.6 is 10.0 Å². The van der Waals surface area contributed by atoms with Crippen molar-refractivity contribution in [2.75, 3.05) is 12.5 Å². The highest BCUT2D eigenvalue weighted by Crippen LogP contribution is 2.69. The van der Waals surface area contributed by atoms with E-state index in [1.165, 1.54) is 37.3 Å². The summed E-state index contributed by atoms with van der Waals surface area (Å²) in [4.78, 5) is 2.55. The number of hydrogen-bond donors (Lipinski definition) is 2. The van der Waals surface area contributed by atoms with Crippen molar-refractivity contribution in [2.24, 2.45) is 0 Å². The van der Waals surface area contributed by atoms with E-state index in [9.17, 15) is 10.2 Å². The van der Waals surface area contributed by atoms with Crippen molar-refractivity contribution in [2.45, 2.75) is 21.0 Å². The molecule has 228 valence electrons. The van der Waals surface area contributed by atoms with Crippen LogP contribution in [-0.4, -0.2) is 22.7 Å². The number of benzene rings is 7. The Morgan fingerprint density at radius 3 is 1.62 bits per heavy atom. The monoisotopic (exact) mass is 626 g/mol. The van der Waals surface area contributed by atoms with Gasteiger partial charge in [-0.05, 0) is 86.0 Å². The number of hydrogen-bond acceptors (Lipinski definition) is 2. The number of rotatable bonds is 3. The summed E-state index contributed by atoms with van der Waals surface area (Å²) in [5, 5.41) is 28.7. The zero-order valence-electron chi connectivity index (χ0n) is 26.3. The minimum atomic E-state index is -1.49. The average Bonchev–Trinajstić information content (AvgIpc) is 3.35. The van der Waals surface area contributed by atoms with Crippen molar-refractivity contribution in [1.82, 2.24) is 0 Å². The van der Waals surface area contributed by atoms with Crippen molar-refractivity contribution < 1.29 is 10.2 Å². The van der Waals surface area contributed by atoms with E-state index in [0.717, 1.165) is 22.3 Å². The lowest BCUT2D eigenvalue weighted by Crippen LogP contribution is -2.44. The first-order valence-electron chi connectivity index (χ1n) is 16.0. The molecule has 1 heterocycles. The minimum Gasteiger partial charge on any atom is -0.376 e. The largest absolute Gasteiger partial charge is 0.376 e. The van der Waals surface area contributed by atoms with Gasteiger partial charge in [0, 0.05) is 20.9 Å². The summed E-state index contributed by atoms with van der Waals surface area (Å²) >= 11 is 0. The molecule has 1 aliphatic heterocycles. The molecule has 47 heavy (non-hydrogen) atoms. The molecule has 2 atom stereocenters. The van der Waals surface area contributed by atoms with Gasteiger partial charge in [-0.1, -0.05) is 140 Å². The fourth-order valence-electron chi connectivity index (χ4n) is 8.13. The second kappa shape index (κ2) is 10.0. The predicted molar refractivity (Wildman–Crippen MR) is 194 cm³/mol. The Morgan fingerprint density at radius 1 is 0.426 bits per heavy atom. The van der Waals surface area contributed by atoms with E-state index in [2.05, 4.69) is 85.3 Å². The highest BCUT2D eigenvalue weighted by atomic mass is 32.3. The maximum atomic E-state index is 13.1. The number of aliphatic hydroxyl groups is 2. The fraction of sp³-hybridized carbons (Fsp3) is 0.0909. The molecule has 0 spiro atoms. The second-order valence-corrected chi connectivity index (χ2v) is 16.7. The first-order valence-corrected chi connectivity index (χ1v) is 18.5. The Balaban J connectivity index is 1.33. The highest BCUT2D eigenvalue weighted by molar-refractivity contribution is 8.33. The average molecular weight is 627 g/mol. The molecule has 0 aromatic heterocycles.